The van der Waals surface area contributed by atoms with Crippen LogP contribution in [-0.2, 0) is 13.0 Å². The number of fused-ring (bicyclic) bond motifs is 2. The summed E-state index contributed by atoms with van der Waals surface area (Å²) in [4.78, 5) is 18.9. The van der Waals surface area contributed by atoms with E-state index in [2.05, 4.69) is 44.6 Å². The Morgan fingerprint density at radius 3 is 3.06 bits per heavy atom. The Balaban J connectivity index is 1.15. The van der Waals surface area contributed by atoms with E-state index in [1.54, 1.807) is 18.5 Å². The Morgan fingerprint density at radius 1 is 1.16 bits per heavy atom. The molecule has 1 aliphatic heterocycles. The summed E-state index contributed by atoms with van der Waals surface area (Å²) in [5.41, 5.74) is 2.89. The van der Waals surface area contributed by atoms with E-state index in [0.717, 1.165) is 42.5 Å². The molecule has 3 heterocycles. The molecule has 2 aromatic heterocycles. The number of hydrogen-bond donors (Lipinski definition) is 1. The maximum atomic E-state index is 12.5. The molecule has 4 aromatic rings. The number of amides is 1. The first kappa shape index (κ1) is 20.1. The standard InChI is InChI=1S/C25H24N4O3/c30-25(27-12-14-29-13-4-7-18-5-1-2-8-23(18)29)22-15-20(32-28-22)17-31-24-9-3-6-19-16-26-11-10-21(19)24/h1-3,5-6,8-11,15-16H,4,7,12-14,17H2,(H,27,30). The number of carbonyl (C=O) groups is 1. The average Bonchev–Trinajstić information content (AvgIpc) is 3.32. The number of aryl methyl sites for hydroxylation is 1. The smallest absolute Gasteiger partial charge is 0.273 e. The van der Waals surface area contributed by atoms with E-state index in [0.29, 0.717) is 12.3 Å². The number of nitrogens with one attached hydrogen (secondary N) is 1. The molecule has 0 saturated carbocycles. The molecule has 5 rings (SSSR count). The van der Waals surface area contributed by atoms with Gasteiger partial charge in [-0.2, -0.15) is 0 Å². The third-order valence-electron chi connectivity index (χ3n) is 5.68. The fraction of sp³-hybridized carbons (Fsp3) is 0.240. The van der Waals surface area contributed by atoms with Crippen molar-refractivity contribution in [1.82, 2.24) is 15.5 Å². The molecule has 1 aliphatic rings. The zero-order chi connectivity index (χ0) is 21.8. The van der Waals surface area contributed by atoms with Gasteiger partial charge in [-0.15, -0.1) is 0 Å². The molecule has 0 saturated heterocycles. The average molecular weight is 428 g/mol. The van der Waals surface area contributed by atoms with Crippen molar-refractivity contribution in [2.75, 3.05) is 24.5 Å². The summed E-state index contributed by atoms with van der Waals surface area (Å²) in [6.45, 7) is 2.48. The first-order chi connectivity index (χ1) is 15.8. The molecule has 7 heteroatoms. The third-order valence-corrected chi connectivity index (χ3v) is 5.68. The monoisotopic (exact) mass is 428 g/mol. The van der Waals surface area contributed by atoms with E-state index < -0.39 is 0 Å². The van der Waals surface area contributed by atoms with E-state index >= 15 is 0 Å². The van der Waals surface area contributed by atoms with Crippen LogP contribution in [0.5, 0.6) is 5.75 Å². The quantitative estimate of drug-likeness (QED) is 0.480. The van der Waals surface area contributed by atoms with E-state index in [4.69, 9.17) is 9.26 Å². The van der Waals surface area contributed by atoms with E-state index in [1.807, 2.05) is 24.3 Å². The molecule has 0 unspecified atom stereocenters. The lowest BCUT2D eigenvalue weighted by Crippen LogP contribution is -2.37. The summed E-state index contributed by atoms with van der Waals surface area (Å²) in [5.74, 6) is 0.974. The normalized spacial score (nSPS) is 13.1. The maximum absolute atomic E-state index is 12.5. The first-order valence-corrected chi connectivity index (χ1v) is 10.8. The number of carbonyl (C=O) groups excluding carboxylic acids is 1. The van der Waals surface area contributed by atoms with Gasteiger partial charge in [0.05, 0.1) is 0 Å². The lowest BCUT2D eigenvalue weighted by molar-refractivity contribution is 0.0945. The van der Waals surface area contributed by atoms with Gasteiger partial charge in [-0.05, 0) is 36.6 Å². The Morgan fingerprint density at radius 2 is 2.09 bits per heavy atom. The van der Waals surface area contributed by atoms with E-state index in [9.17, 15) is 4.79 Å². The Hall–Kier alpha value is -3.87. The predicted molar refractivity (Wildman–Crippen MR) is 122 cm³/mol. The molecule has 0 atom stereocenters. The molecule has 0 spiro atoms. The van der Waals surface area contributed by atoms with Crippen LogP contribution in [-0.4, -0.2) is 35.7 Å². The van der Waals surface area contributed by atoms with Crippen LogP contribution in [0.25, 0.3) is 10.8 Å². The number of rotatable bonds is 7. The van der Waals surface area contributed by atoms with Gasteiger partial charge in [0.1, 0.15) is 12.4 Å². The zero-order valence-corrected chi connectivity index (χ0v) is 17.7. The van der Waals surface area contributed by atoms with Crippen LogP contribution in [0.1, 0.15) is 28.2 Å². The second-order valence-electron chi connectivity index (χ2n) is 7.80. The minimum atomic E-state index is -0.249. The summed E-state index contributed by atoms with van der Waals surface area (Å²) < 4.78 is 11.2. The van der Waals surface area contributed by atoms with Gasteiger partial charge in [0.25, 0.3) is 5.91 Å². The van der Waals surface area contributed by atoms with Crippen molar-refractivity contribution in [2.45, 2.75) is 19.4 Å². The van der Waals surface area contributed by atoms with Crippen molar-refractivity contribution >= 4 is 22.4 Å². The van der Waals surface area contributed by atoms with Crippen LogP contribution >= 0.6 is 0 Å². The minimum absolute atomic E-state index is 0.187. The van der Waals surface area contributed by atoms with Gasteiger partial charge < -0.3 is 19.5 Å². The number of nitrogens with zero attached hydrogens (tertiary/aromatic N) is 3. The number of aromatic nitrogens is 2. The number of pyridine rings is 1. The molecule has 0 aliphatic carbocycles. The molecule has 0 radical (unpaired) electrons. The Labute approximate surface area is 186 Å². The topological polar surface area (TPSA) is 80.5 Å². The number of hydrogen-bond acceptors (Lipinski definition) is 6. The van der Waals surface area contributed by atoms with Crippen molar-refractivity contribution in [3.05, 3.63) is 84.0 Å². The fourth-order valence-electron chi connectivity index (χ4n) is 4.09. The third kappa shape index (κ3) is 4.27. The number of ether oxygens (including phenoxy) is 1. The molecule has 1 amide bonds. The van der Waals surface area contributed by atoms with Gasteiger partial charge in [-0.1, -0.05) is 35.5 Å². The van der Waals surface area contributed by atoms with E-state index in [-0.39, 0.29) is 18.2 Å². The summed E-state index contributed by atoms with van der Waals surface area (Å²) in [5, 5.41) is 8.81. The van der Waals surface area contributed by atoms with Crippen LogP contribution in [0, 0.1) is 0 Å². The van der Waals surface area contributed by atoms with Crippen molar-refractivity contribution in [2.24, 2.45) is 0 Å². The highest BCUT2D eigenvalue weighted by Gasteiger charge is 2.17. The van der Waals surface area contributed by atoms with Crippen LogP contribution in [0.15, 0.2) is 71.5 Å². The van der Waals surface area contributed by atoms with Gasteiger partial charge in [0.15, 0.2) is 11.5 Å². The Kier molecular flexibility index (Phi) is 5.70. The molecule has 32 heavy (non-hydrogen) atoms. The molecule has 0 bridgehead atoms. The van der Waals surface area contributed by atoms with E-state index in [1.165, 1.54) is 11.3 Å². The maximum Gasteiger partial charge on any atom is 0.273 e. The van der Waals surface area contributed by atoms with Crippen LogP contribution in [0.2, 0.25) is 0 Å². The van der Waals surface area contributed by atoms with Crippen LogP contribution in [0.3, 0.4) is 0 Å². The molecule has 2 aromatic carbocycles. The SMILES string of the molecule is O=C(NCCN1CCCc2ccccc21)c1cc(COc2cccc3cnccc23)on1. The highest BCUT2D eigenvalue weighted by Crippen LogP contribution is 2.26. The largest absolute Gasteiger partial charge is 0.485 e. The molecular weight excluding hydrogens is 404 g/mol. The van der Waals surface area contributed by atoms with Gasteiger partial charge in [-0.25, -0.2) is 0 Å². The van der Waals surface area contributed by atoms with Crippen molar-refractivity contribution in [3.63, 3.8) is 0 Å². The van der Waals surface area contributed by atoms with Crippen molar-refractivity contribution in [1.29, 1.82) is 0 Å². The van der Waals surface area contributed by atoms with Crippen LogP contribution in [0.4, 0.5) is 5.69 Å². The highest BCUT2D eigenvalue weighted by atomic mass is 16.5. The molecule has 1 N–H and O–H groups in total. The van der Waals surface area contributed by atoms with Crippen molar-refractivity contribution < 1.29 is 14.1 Å². The summed E-state index contributed by atoms with van der Waals surface area (Å²) in [6.07, 6.45) is 5.76. The van der Waals surface area contributed by atoms with Gasteiger partial charge in [0, 0.05) is 54.6 Å². The highest BCUT2D eigenvalue weighted by molar-refractivity contribution is 5.92. The van der Waals surface area contributed by atoms with Crippen molar-refractivity contribution in [3.8, 4) is 5.75 Å². The number of para-hydroxylation sites is 1. The minimum Gasteiger partial charge on any atom is -0.485 e. The fourth-order valence-corrected chi connectivity index (χ4v) is 4.09. The zero-order valence-electron chi connectivity index (χ0n) is 17.7. The first-order valence-electron chi connectivity index (χ1n) is 10.8. The summed E-state index contributed by atoms with van der Waals surface area (Å²) >= 11 is 0. The van der Waals surface area contributed by atoms with Gasteiger partial charge in [0.2, 0.25) is 0 Å². The molecule has 7 nitrogen and oxygen atoms in total. The number of anilines is 1. The molecule has 0 fully saturated rings. The van der Waals surface area contributed by atoms with Gasteiger partial charge >= 0.3 is 0 Å². The van der Waals surface area contributed by atoms with Crippen LogP contribution < -0.4 is 15.0 Å². The second kappa shape index (κ2) is 9.09. The summed E-state index contributed by atoms with van der Waals surface area (Å²) in [6, 6.07) is 17.8. The van der Waals surface area contributed by atoms with Gasteiger partial charge in [-0.3, -0.25) is 9.78 Å². The second-order valence-corrected chi connectivity index (χ2v) is 7.80. The lowest BCUT2D eigenvalue weighted by atomic mass is 10.0. The lowest BCUT2D eigenvalue weighted by Gasteiger charge is -2.31. The molecular formula is C25H24N4O3. The predicted octanol–water partition coefficient (Wildman–Crippen LogP) is 3.98. The Bertz CT molecular complexity index is 1230. The molecule has 162 valence electrons. The number of benzene rings is 2. The summed E-state index contributed by atoms with van der Waals surface area (Å²) in [7, 11) is 0.